The van der Waals surface area contributed by atoms with E-state index >= 15 is 0 Å². The highest BCUT2D eigenvalue weighted by atomic mass is 14.7. The smallest absolute Gasteiger partial charge is 0.0632 e. The Labute approximate surface area is 130 Å². The Kier molecular flexibility index (Phi) is 6.72. The van der Waals surface area contributed by atoms with Crippen LogP contribution in [-0.4, -0.2) is 5.71 Å². The van der Waals surface area contributed by atoms with Crippen LogP contribution in [0.1, 0.15) is 71.6 Å². The summed E-state index contributed by atoms with van der Waals surface area (Å²) in [7, 11) is 0. The molecule has 0 saturated heterocycles. The third-order valence-electron chi connectivity index (χ3n) is 4.40. The second-order valence-corrected chi connectivity index (χ2v) is 6.13. The van der Waals surface area contributed by atoms with Gasteiger partial charge in [-0.1, -0.05) is 50.0 Å². The average molecular weight is 283 g/mol. The molecule has 0 radical (unpaired) electrons. The van der Waals surface area contributed by atoms with Gasteiger partial charge in [0.05, 0.1) is 5.69 Å². The lowest BCUT2D eigenvalue weighted by molar-refractivity contribution is 0.615. The van der Waals surface area contributed by atoms with E-state index in [2.05, 4.69) is 38.1 Å². The molecule has 1 aliphatic rings. The second kappa shape index (κ2) is 8.81. The Morgan fingerprint density at radius 3 is 2.52 bits per heavy atom. The molecule has 0 unspecified atom stereocenters. The molecule has 2 rings (SSSR count). The Bertz CT molecular complexity index is 482. The topological polar surface area (TPSA) is 12.4 Å². The predicted octanol–water partition coefficient (Wildman–Crippen LogP) is 6.62. The Hall–Kier alpha value is -1.37. The quantitative estimate of drug-likeness (QED) is 0.394. The first-order valence-electron chi connectivity index (χ1n) is 8.63. The van der Waals surface area contributed by atoms with Crippen molar-refractivity contribution in [2.75, 3.05) is 0 Å². The monoisotopic (exact) mass is 283 g/mol. The van der Waals surface area contributed by atoms with Crippen molar-refractivity contribution < 1.29 is 0 Å². The standard InChI is InChI=1S/C20H29N/c1-3-4-5-7-12-18-13-10-11-16-20(18)17(2)21-19-14-8-6-9-15-19/h6,8-9,14-15H,3-5,7,10-13,16H2,1-2H3. The molecular weight excluding hydrogens is 254 g/mol. The Balaban J connectivity index is 2.08. The van der Waals surface area contributed by atoms with Gasteiger partial charge in [0.2, 0.25) is 0 Å². The lowest BCUT2D eigenvalue weighted by Crippen LogP contribution is -2.07. The van der Waals surface area contributed by atoms with Crippen LogP contribution in [0.25, 0.3) is 0 Å². The van der Waals surface area contributed by atoms with Crippen LogP contribution in [0.3, 0.4) is 0 Å². The Morgan fingerprint density at radius 2 is 1.76 bits per heavy atom. The molecule has 0 atom stereocenters. The van der Waals surface area contributed by atoms with E-state index in [0.29, 0.717) is 0 Å². The van der Waals surface area contributed by atoms with Crippen LogP contribution < -0.4 is 0 Å². The highest BCUT2D eigenvalue weighted by Crippen LogP contribution is 2.30. The fraction of sp³-hybridized carbons (Fsp3) is 0.550. The zero-order chi connectivity index (χ0) is 14.9. The molecule has 0 amide bonds. The van der Waals surface area contributed by atoms with Crippen molar-refractivity contribution in [2.24, 2.45) is 4.99 Å². The molecule has 1 heteroatoms. The molecule has 0 bridgehead atoms. The van der Waals surface area contributed by atoms with Crippen molar-refractivity contribution in [2.45, 2.75) is 71.6 Å². The summed E-state index contributed by atoms with van der Waals surface area (Å²) in [6, 6.07) is 10.4. The van der Waals surface area contributed by atoms with Crippen LogP contribution in [0.15, 0.2) is 46.5 Å². The summed E-state index contributed by atoms with van der Waals surface area (Å²) in [4.78, 5) is 4.84. The van der Waals surface area contributed by atoms with E-state index in [0.717, 1.165) is 5.69 Å². The lowest BCUT2D eigenvalue weighted by Gasteiger charge is -2.20. The van der Waals surface area contributed by atoms with Crippen LogP contribution >= 0.6 is 0 Å². The maximum atomic E-state index is 4.84. The summed E-state index contributed by atoms with van der Waals surface area (Å²) in [5.41, 5.74) is 5.57. The van der Waals surface area contributed by atoms with Gasteiger partial charge in [-0.2, -0.15) is 0 Å². The van der Waals surface area contributed by atoms with Crippen molar-refractivity contribution in [3.05, 3.63) is 41.5 Å². The van der Waals surface area contributed by atoms with E-state index in [1.807, 2.05) is 6.07 Å². The lowest BCUT2D eigenvalue weighted by atomic mass is 9.86. The molecule has 0 heterocycles. The molecule has 1 nitrogen and oxygen atoms in total. The molecule has 0 saturated carbocycles. The molecule has 0 N–H and O–H groups in total. The largest absolute Gasteiger partial charge is 0.253 e. The van der Waals surface area contributed by atoms with E-state index in [-0.39, 0.29) is 0 Å². The third kappa shape index (κ3) is 5.15. The van der Waals surface area contributed by atoms with Crippen molar-refractivity contribution >= 4 is 11.4 Å². The van der Waals surface area contributed by atoms with Crippen molar-refractivity contribution in [1.29, 1.82) is 0 Å². The van der Waals surface area contributed by atoms with Crippen LogP contribution in [0.5, 0.6) is 0 Å². The van der Waals surface area contributed by atoms with Crippen molar-refractivity contribution in [3.63, 3.8) is 0 Å². The molecule has 114 valence electrons. The number of nitrogens with zero attached hydrogens (tertiary/aromatic N) is 1. The first kappa shape index (κ1) is 16.0. The van der Waals surface area contributed by atoms with Gasteiger partial charge in [0.15, 0.2) is 0 Å². The van der Waals surface area contributed by atoms with E-state index in [4.69, 9.17) is 4.99 Å². The van der Waals surface area contributed by atoms with Crippen LogP contribution in [0, 0.1) is 0 Å². The van der Waals surface area contributed by atoms with Gasteiger partial charge < -0.3 is 0 Å². The zero-order valence-corrected chi connectivity index (χ0v) is 13.7. The molecule has 0 aromatic heterocycles. The van der Waals surface area contributed by atoms with Crippen LogP contribution in [0.2, 0.25) is 0 Å². The summed E-state index contributed by atoms with van der Waals surface area (Å²) >= 11 is 0. The van der Waals surface area contributed by atoms with Gasteiger partial charge in [-0.3, -0.25) is 4.99 Å². The minimum Gasteiger partial charge on any atom is -0.253 e. The minimum atomic E-state index is 1.08. The van der Waals surface area contributed by atoms with E-state index in [1.54, 1.807) is 11.1 Å². The van der Waals surface area contributed by atoms with E-state index in [9.17, 15) is 0 Å². The molecule has 1 aromatic rings. The molecule has 1 aromatic carbocycles. The number of rotatable bonds is 7. The zero-order valence-electron chi connectivity index (χ0n) is 13.7. The number of unbranched alkanes of at least 4 members (excludes halogenated alkanes) is 3. The van der Waals surface area contributed by atoms with Crippen molar-refractivity contribution in [1.82, 2.24) is 0 Å². The van der Waals surface area contributed by atoms with Gasteiger partial charge in [-0.25, -0.2) is 0 Å². The molecule has 0 fully saturated rings. The number of aliphatic imine (C=N–C) groups is 1. The normalized spacial score (nSPS) is 16.4. The molecule has 21 heavy (non-hydrogen) atoms. The summed E-state index contributed by atoms with van der Waals surface area (Å²) in [5.74, 6) is 0. The Morgan fingerprint density at radius 1 is 1.00 bits per heavy atom. The molecular formula is C20H29N. The molecule has 1 aliphatic carbocycles. The van der Waals surface area contributed by atoms with Gasteiger partial charge in [0.1, 0.15) is 0 Å². The SMILES string of the molecule is CCCCCCC1=C(C(C)=Nc2ccccc2)CCCC1. The summed E-state index contributed by atoms with van der Waals surface area (Å²) in [6.45, 7) is 4.47. The van der Waals surface area contributed by atoms with Gasteiger partial charge >= 0.3 is 0 Å². The number of para-hydroxylation sites is 1. The molecule has 0 spiro atoms. The van der Waals surface area contributed by atoms with Crippen LogP contribution in [0.4, 0.5) is 5.69 Å². The van der Waals surface area contributed by atoms with Crippen LogP contribution in [-0.2, 0) is 0 Å². The van der Waals surface area contributed by atoms with E-state index < -0.39 is 0 Å². The fourth-order valence-electron chi connectivity index (χ4n) is 3.21. The summed E-state index contributed by atoms with van der Waals surface area (Å²) in [5, 5.41) is 0. The number of hydrogen-bond donors (Lipinski definition) is 0. The van der Waals surface area contributed by atoms with Crippen molar-refractivity contribution in [3.8, 4) is 0 Å². The highest BCUT2D eigenvalue weighted by molar-refractivity contribution is 6.00. The van der Waals surface area contributed by atoms with Gasteiger partial charge in [0.25, 0.3) is 0 Å². The third-order valence-corrected chi connectivity index (χ3v) is 4.40. The summed E-state index contributed by atoms with van der Waals surface area (Å²) < 4.78 is 0. The maximum absolute atomic E-state index is 4.84. The number of benzene rings is 1. The highest BCUT2D eigenvalue weighted by Gasteiger charge is 2.14. The van der Waals surface area contributed by atoms with Gasteiger partial charge in [-0.15, -0.1) is 0 Å². The maximum Gasteiger partial charge on any atom is 0.0632 e. The number of hydrogen-bond acceptors (Lipinski definition) is 1. The predicted molar refractivity (Wildman–Crippen MR) is 93.5 cm³/mol. The molecule has 0 aliphatic heterocycles. The minimum absolute atomic E-state index is 1.08. The average Bonchev–Trinajstić information content (AvgIpc) is 2.53. The van der Waals surface area contributed by atoms with Gasteiger partial charge in [-0.05, 0) is 63.2 Å². The fourth-order valence-corrected chi connectivity index (χ4v) is 3.21. The van der Waals surface area contributed by atoms with Gasteiger partial charge in [0, 0.05) is 5.71 Å². The first-order chi connectivity index (χ1) is 10.3. The first-order valence-corrected chi connectivity index (χ1v) is 8.63. The summed E-state index contributed by atoms with van der Waals surface area (Å²) in [6.07, 6.45) is 11.9. The second-order valence-electron chi connectivity index (χ2n) is 6.13. The van der Waals surface area contributed by atoms with E-state index in [1.165, 1.54) is 63.5 Å². The number of allylic oxidation sites excluding steroid dienone is 2.